The van der Waals surface area contributed by atoms with Gasteiger partial charge in [-0.15, -0.1) is 11.3 Å². The zero-order valence-corrected chi connectivity index (χ0v) is 65.2. The molecule has 8 heterocycles. The molecule has 8 aromatic heterocycles. The molecule has 0 saturated carbocycles. The molecule has 25 rings (SSSR count). The lowest BCUT2D eigenvalue weighted by Crippen LogP contribution is -2.01. The quantitative estimate of drug-likeness (QED) is 0.127. The van der Waals surface area contributed by atoms with Crippen molar-refractivity contribution >= 4 is 141 Å². The molecule has 11 nitrogen and oxygen atoms in total. The number of thiophene rings is 1. The van der Waals surface area contributed by atoms with Crippen LogP contribution < -0.4 is 0 Å². The van der Waals surface area contributed by atoms with Gasteiger partial charge < -0.3 is 22.7 Å². The minimum atomic E-state index is 0.551. The number of hydrogen-bond donors (Lipinski definition) is 0. The molecule has 0 bridgehead atoms. The lowest BCUT2D eigenvalue weighted by atomic mass is 10.0. The van der Waals surface area contributed by atoms with Gasteiger partial charge in [-0.1, -0.05) is 249 Å². The molecule has 0 aliphatic heterocycles. The number of benzene rings is 17. The van der Waals surface area contributed by atoms with Gasteiger partial charge in [-0.25, -0.2) is 29.9 Å². The lowest BCUT2D eigenvalue weighted by molar-refractivity contribution is 0.670. The molecule has 0 amide bonds. The predicted molar refractivity (Wildman–Crippen MR) is 495 cm³/mol. The lowest BCUT2D eigenvalue weighted by Gasteiger charge is -2.11. The Kier molecular flexibility index (Phi) is 15.9. The Hall–Kier alpha value is -16.0. The van der Waals surface area contributed by atoms with Crippen LogP contribution in [-0.2, 0) is 0 Å². The van der Waals surface area contributed by atoms with Crippen molar-refractivity contribution in [3.63, 3.8) is 0 Å². The Morgan fingerprint density at radius 2 is 0.467 bits per heavy atom. The average molecular weight is 1550 g/mol. The van der Waals surface area contributed by atoms with E-state index in [0.29, 0.717) is 34.9 Å². The number of aromatic nitrogens is 10. The molecule has 0 aliphatic rings. The van der Waals surface area contributed by atoms with Crippen molar-refractivity contribution in [1.82, 2.24) is 48.2 Å². The van der Waals surface area contributed by atoms with Gasteiger partial charge in [-0.05, 0) is 157 Å². The van der Waals surface area contributed by atoms with E-state index in [1.165, 1.54) is 85.3 Å². The number of fused-ring (bicyclic) bond motifs is 18. The van der Waals surface area contributed by atoms with Gasteiger partial charge in [0, 0.05) is 130 Å². The number of rotatable bonds is 11. The second-order valence-electron chi connectivity index (χ2n) is 30.4. The zero-order valence-electron chi connectivity index (χ0n) is 64.4. The summed E-state index contributed by atoms with van der Waals surface area (Å²) in [7, 11) is 0. The van der Waals surface area contributed by atoms with E-state index in [1.54, 1.807) is 0 Å². The summed E-state index contributed by atoms with van der Waals surface area (Å²) < 4.78 is 18.8. The van der Waals surface area contributed by atoms with E-state index in [-0.39, 0.29) is 0 Å². The molecule has 0 unspecified atom stereocenters. The fraction of sp³-hybridized carbons (Fsp3) is 0. The second-order valence-corrected chi connectivity index (χ2v) is 31.5. The standard InChI is InChI=1S/C57H35N5O.C51H31N5S/c1-3-15-36(16-4-1)41-22-13-23-45-46-24-14-25-47(54(46)63-53(41)45)57-59-55(37-17-5-2-6-18-37)58-56(60-57)38-29-31-39(32-30-38)61-51-28-12-9-21-44(51)48-35-40(33-34-52(48)61)62-49-26-10-7-19-42(49)43-20-8-11-27-50(43)62;1-2-12-32(13-3-1)49-52-50(54-51(53-49)34-24-29-48-42(30-34)40-17-7-11-21-47(40)57-48)33-22-25-35(26-23-33)55-45-20-10-6-16-39(45)41-31-36(27-28-46(41)55)56-43-18-8-4-14-37(43)38-15-5-9-19-44(38)56/h1-35H;1-31H. The Morgan fingerprint density at radius 3 is 0.900 bits per heavy atom. The van der Waals surface area contributed by atoms with Crippen molar-refractivity contribution in [2.45, 2.75) is 0 Å². The molecular weight excluding hydrogens is 1490 g/mol. The van der Waals surface area contributed by atoms with E-state index < -0.39 is 0 Å². The van der Waals surface area contributed by atoms with Crippen molar-refractivity contribution in [2.75, 3.05) is 0 Å². The summed E-state index contributed by atoms with van der Waals surface area (Å²) in [6.45, 7) is 0. The normalized spacial score (nSPS) is 11.8. The van der Waals surface area contributed by atoms with Gasteiger partial charge in [-0.2, -0.15) is 0 Å². The third kappa shape index (κ3) is 11.3. The summed E-state index contributed by atoms with van der Waals surface area (Å²) in [5.41, 5.74) is 23.0. The van der Waals surface area contributed by atoms with E-state index >= 15 is 0 Å². The Bertz CT molecular complexity index is 8300. The molecule has 12 heteroatoms. The molecule has 0 fully saturated rings. The number of para-hydroxylation sites is 8. The molecule has 0 aliphatic carbocycles. The highest BCUT2D eigenvalue weighted by molar-refractivity contribution is 7.25. The highest BCUT2D eigenvalue weighted by atomic mass is 32.1. The second kappa shape index (κ2) is 27.9. The summed E-state index contributed by atoms with van der Waals surface area (Å²) in [6.07, 6.45) is 0. The van der Waals surface area contributed by atoms with E-state index in [2.05, 4.69) is 358 Å². The topological polar surface area (TPSA) is 110 Å². The molecule has 560 valence electrons. The van der Waals surface area contributed by atoms with Gasteiger partial charge in [0.15, 0.2) is 34.9 Å². The van der Waals surface area contributed by atoms with E-state index in [4.69, 9.17) is 34.3 Å². The van der Waals surface area contributed by atoms with Crippen LogP contribution in [0.2, 0.25) is 0 Å². The van der Waals surface area contributed by atoms with Crippen LogP contribution in [0.25, 0.3) is 232 Å². The Morgan fingerprint density at radius 1 is 0.175 bits per heavy atom. The molecule has 0 radical (unpaired) electrons. The molecular formula is C108H66N10OS. The third-order valence-corrected chi connectivity index (χ3v) is 24.7. The number of furan rings is 1. The minimum absolute atomic E-state index is 0.551. The van der Waals surface area contributed by atoms with Crippen LogP contribution in [0, 0.1) is 0 Å². The smallest absolute Gasteiger partial charge is 0.167 e. The predicted octanol–water partition coefficient (Wildman–Crippen LogP) is 28.1. The van der Waals surface area contributed by atoms with Crippen molar-refractivity contribution in [2.24, 2.45) is 0 Å². The van der Waals surface area contributed by atoms with Gasteiger partial charge in [0.05, 0.1) is 49.7 Å². The van der Waals surface area contributed by atoms with Gasteiger partial charge in [0.25, 0.3) is 0 Å². The first-order valence-electron chi connectivity index (χ1n) is 40.3. The van der Waals surface area contributed by atoms with E-state index in [9.17, 15) is 0 Å². The summed E-state index contributed by atoms with van der Waals surface area (Å²) >= 11 is 1.81. The van der Waals surface area contributed by atoms with Crippen molar-refractivity contribution in [1.29, 1.82) is 0 Å². The molecule has 17 aromatic carbocycles. The molecule has 120 heavy (non-hydrogen) atoms. The summed E-state index contributed by atoms with van der Waals surface area (Å²) in [4.78, 5) is 30.5. The first-order valence-corrected chi connectivity index (χ1v) is 41.1. The van der Waals surface area contributed by atoms with Crippen LogP contribution >= 0.6 is 11.3 Å². The van der Waals surface area contributed by atoms with Crippen LogP contribution in [0.5, 0.6) is 0 Å². The van der Waals surface area contributed by atoms with E-state index in [0.717, 1.165) is 111 Å². The maximum Gasteiger partial charge on any atom is 0.167 e. The Labute approximate surface area is 691 Å². The summed E-state index contributed by atoms with van der Waals surface area (Å²) in [5, 5.41) is 14.4. The first-order chi connectivity index (χ1) is 59.5. The van der Waals surface area contributed by atoms with Crippen LogP contribution in [0.15, 0.2) is 405 Å². The summed E-state index contributed by atoms with van der Waals surface area (Å²) in [6, 6.07) is 141. The number of hydrogen-bond acceptors (Lipinski definition) is 8. The fourth-order valence-corrected chi connectivity index (χ4v) is 19.2. The van der Waals surface area contributed by atoms with Gasteiger partial charge in [-0.3, -0.25) is 0 Å². The van der Waals surface area contributed by atoms with Gasteiger partial charge in [0.2, 0.25) is 0 Å². The first kappa shape index (κ1) is 68.4. The number of nitrogens with zero attached hydrogens (tertiary/aromatic N) is 10. The minimum Gasteiger partial charge on any atom is -0.455 e. The van der Waals surface area contributed by atoms with Crippen LogP contribution in [-0.4, -0.2) is 48.2 Å². The van der Waals surface area contributed by atoms with Gasteiger partial charge >= 0.3 is 0 Å². The molecule has 0 N–H and O–H groups in total. The largest absolute Gasteiger partial charge is 0.455 e. The molecule has 0 saturated heterocycles. The van der Waals surface area contributed by atoms with Crippen molar-refractivity contribution in [3.8, 4) is 102 Å². The zero-order chi connectivity index (χ0) is 78.9. The maximum absolute atomic E-state index is 6.80. The van der Waals surface area contributed by atoms with Crippen LogP contribution in [0.1, 0.15) is 0 Å². The SMILES string of the molecule is c1ccc(-c2nc(-c3ccc(-n4c5ccccc5c5cc(-n6c7ccccc7c7ccccc76)ccc54)cc3)nc(-c3ccc4sc5ccccc5c4c3)n2)cc1.c1ccc(-c2nc(-c3ccc(-n4c5ccccc5c5cc(-n6c7ccccc7c7ccccc76)ccc54)cc3)nc(-c3cccc4c3oc3c(-c5ccccc5)cccc34)n2)cc1. The van der Waals surface area contributed by atoms with Crippen LogP contribution in [0.4, 0.5) is 0 Å². The highest BCUT2D eigenvalue weighted by Crippen LogP contribution is 2.45. The van der Waals surface area contributed by atoms with Crippen molar-refractivity contribution in [3.05, 3.63) is 400 Å². The average Bonchev–Trinajstić information content (AvgIpc) is 1.51. The highest BCUT2D eigenvalue weighted by Gasteiger charge is 2.24. The Balaban J connectivity index is 0.000000137. The molecule has 0 spiro atoms. The molecule has 25 aromatic rings. The fourth-order valence-electron chi connectivity index (χ4n) is 18.1. The third-order valence-electron chi connectivity index (χ3n) is 23.6. The van der Waals surface area contributed by atoms with Crippen molar-refractivity contribution < 1.29 is 4.42 Å². The monoisotopic (exact) mass is 1550 g/mol. The maximum atomic E-state index is 6.80. The van der Waals surface area contributed by atoms with Gasteiger partial charge in [0.1, 0.15) is 11.2 Å². The summed E-state index contributed by atoms with van der Waals surface area (Å²) in [5.74, 6) is 3.67. The molecule has 0 atom stereocenters. The van der Waals surface area contributed by atoms with E-state index in [1.807, 2.05) is 72.0 Å². The van der Waals surface area contributed by atoms with Crippen LogP contribution in [0.3, 0.4) is 0 Å².